The van der Waals surface area contributed by atoms with E-state index in [0.29, 0.717) is 11.5 Å². The SMILES string of the molecule is C=C(C)C(F)C(CC)C(C)C. The van der Waals surface area contributed by atoms with E-state index in [9.17, 15) is 4.39 Å². The van der Waals surface area contributed by atoms with Gasteiger partial charge in [0.2, 0.25) is 0 Å². The third-order valence-electron chi connectivity index (χ3n) is 2.17. The fourth-order valence-corrected chi connectivity index (χ4v) is 1.38. The van der Waals surface area contributed by atoms with Crippen LogP contribution in [0.15, 0.2) is 12.2 Å². The zero-order chi connectivity index (χ0) is 9.02. The molecule has 0 fully saturated rings. The van der Waals surface area contributed by atoms with Crippen molar-refractivity contribution in [1.29, 1.82) is 0 Å². The number of hydrogen-bond acceptors (Lipinski definition) is 0. The first-order chi connectivity index (χ1) is 5.00. The van der Waals surface area contributed by atoms with Crippen molar-refractivity contribution in [3.63, 3.8) is 0 Å². The Bertz CT molecular complexity index is 127. The molecule has 0 aliphatic rings. The molecule has 0 saturated heterocycles. The molecule has 0 aliphatic heterocycles. The predicted octanol–water partition coefficient (Wildman–Crippen LogP) is 3.58. The lowest BCUT2D eigenvalue weighted by Gasteiger charge is -2.23. The molecule has 2 unspecified atom stereocenters. The fourth-order valence-electron chi connectivity index (χ4n) is 1.38. The molecule has 0 aliphatic carbocycles. The third kappa shape index (κ3) is 3.04. The lowest BCUT2D eigenvalue weighted by atomic mass is 9.86. The number of allylic oxidation sites excluding steroid dienone is 1. The summed E-state index contributed by atoms with van der Waals surface area (Å²) < 4.78 is 13.3. The first-order valence-corrected chi connectivity index (χ1v) is 4.30. The van der Waals surface area contributed by atoms with Crippen LogP contribution >= 0.6 is 0 Å². The van der Waals surface area contributed by atoms with Gasteiger partial charge >= 0.3 is 0 Å². The van der Waals surface area contributed by atoms with Gasteiger partial charge in [0.25, 0.3) is 0 Å². The van der Waals surface area contributed by atoms with E-state index < -0.39 is 6.17 Å². The van der Waals surface area contributed by atoms with E-state index in [0.717, 1.165) is 6.42 Å². The van der Waals surface area contributed by atoms with Gasteiger partial charge in [-0.25, -0.2) is 4.39 Å². The number of rotatable bonds is 4. The van der Waals surface area contributed by atoms with E-state index in [4.69, 9.17) is 0 Å². The van der Waals surface area contributed by atoms with Crippen molar-refractivity contribution in [2.45, 2.75) is 40.3 Å². The molecule has 0 amide bonds. The number of hydrogen-bond donors (Lipinski definition) is 0. The molecule has 0 heterocycles. The molecule has 0 rings (SSSR count). The number of alkyl halides is 1. The average molecular weight is 158 g/mol. The van der Waals surface area contributed by atoms with Crippen molar-refractivity contribution in [1.82, 2.24) is 0 Å². The minimum Gasteiger partial charge on any atom is -0.242 e. The molecule has 0 saturated carbocycles. The van der Waals surface area contributed by atoms with Crippen LogP contribution in [0.3, 0.4) is 0 Å². The molecule has 0 radical (unpaired) electrons. The van der Waals surface area contributed by atoms with Gasteiger partial charge in [-0.3, -0.25) is 0 Å². The van der Waals surface area contributed by atoms with Crippen LogP contribution in [-0.2, 0) is 0 Å². The Kier molecular flexibility index (Phi) is 4.39. The highest BCUT2D eigenvalue weighted by Gasteiger charge is 2.22. The van der Waals surface area contributed by atoms with E-state index in [1.807, 2.05) is 6.92 Å². The average Bonchev–Trinajstić information content (AvgIpc) is 1.88. The molecule has 0 N–H and O–H groups in total. The van der Waals surface area contributed by atoms with Gasteiger partial charge in [-0.1, -0.05) is 27.4 Å². The maximum Gasteiger partial charge on any atom is 0.124 e. The van der Waals surface area contributed by atoms with Gasteiger partial charge in [-0.15, -0.1) is 0 Å². The summed E-state index contributed by atoms with van der Waals surface area (Å²) >= 11 is 0. The summed E-state index contributed by atoms with van der Waals surface area (Å²) in [6, 6.07) is 0. The van der Waals surface area contributed by atoms with Gasteiger partial charge in [0, 0.05) is 0 Å². The summed E-state index contributed by atoms with van der Waals surface area (Å²) in [5, 5.41) is 0. The number of halogens is 1. The lowest BCUT2D eigenvalue weighted by Crippen LogP contribution is -2.21. The van der Waals surface area contributed by atoms with Gasteiger partial charge in [-0.05, 0) is 30.8 Å². The normalized spacial score (nSPS) is 16.5. The highest BCUT2D eigenvalue weighted by molar-refractivity contribution is 5.00. The van der Waals surface area contributed by atoms with Crippen molar-refractivity contribution in [3.8, 4) is 0 Å². The van der Waals surface area contributed by atoms with Gasteiger partial charge in [-0.2, -0.15) is 0 Å². The van der Waals surface area contributed by atoms with Crippen molar-refractivity contribution < 1.29 is 4.39 Å². The minimum atomic E-state index is -0.819. The molecule has 0 bridgehead atoms. The first kappa shape index (κ1) is 10.7. The highest BCUT2D eigenvalue weighted by Crippen LogP contribution is 2.25. The second-order valence-corrected chi connectivity index (χ2v) is 3.56. The predicted molar refractivity (Wildman–Crippen MR) is 48.3 cm³/mol. The Morgan fingerprint density at radius 3 is 2.00 bits per heavy atom. The first-order valence-electron chi connectivity index (χ1n) is 4.30. The summed E-state index contributed by atoms with van der Waals surface area (Å²) in [4.78, 5) is 0. The Morgan fingerprint density at radius 2 is 1.91 bits per heavy atom. The van der Waals surface area contributed by atoms with Crippen LogP contribution in [0.5, 0.6) is 0 Å². The minimum absolute atomic E-state index is 0.146. The second-order valence-electron chi connectivity index (χ2n) is 3.56. The van der Waals surface area contributed by atoms with Crippen LogP contribution in [0.4, 0.5) is 4.39 Å². The maximum absolute atomic E-state index is 13.3. The van der Waals surface area contributed by atoms with E-state index in [1.54, 1.807) is 6.92 Å². The topological polar surface area (TPSA) is 0 Å². The Hall–Kier alpha value is -0.330. The molecule has 0 spiro atoms. The van der Waals surface area contributed by atoms with E-state index in [2.05, 4.69) is 20.4 Å². The van der Waals surface area contributed by atoms with Gasteiger partial charge < -0.3 is 0 Å². The van der Waals surface area contributed by atoms with Crippen LogP contribution < -0.4 is 0 Å². The largest absolute Gasteiger partial charge is 0.242 e. The highest BCUT2D eigenvalue weighted by atomic mass is 19.1. The van der Waals surface area contributed by atoms with Crippen LogP contribution in [0.25, 0.3) is 0 Å². The molecule has 11 heavy (non-hydrogen) atoms. The zero-order valence-electron chi connectivity index (χ0n) is 8.02. The summed E-state index contributed by atoms with van der Waals surface area (Å²) in [5.74, 6) is 0.555. The quantitative estimate of drug-likeness (QED) is 0.548. The maximum atomic E-state index is 13.3. The molecular weight excluding hydrogens is 139 g/mol. The van der Waals surface area contributed by atoms with Crippen LogP contribution in [0.2, 0.25) is 0 Å². The second kappa shape index (κ2) is 4.53. The Morgan fingerprint density at radius 1 is 1.45 bits per heavy atom. The van der Waals surface area contributed by atoms with E-state index in [-0.39, 0.29) is 5.92 Å². The van der Waals surface area contributed by atoms with Crippen molar-refractivity contribution >= 4 is 0 Å². The zero-order valence-corrected chi connectivity index (χ0v) is 8.02. The van der Waals surface area contributed by atoms with E-state index >= 15 is 0 Å². The molecule has 2 atom stereocenters. The molecular formula is C10H19F. The van der Waals surface area contributed by atoms with Crippen LogP contribution in [-0.4, -0.2) is 6.17 Å². The van der Waals surface area contributed by atoms with Gasteiger partial charge in [0.1, 0.15) is 6.17 Å². The van der Waals surface area contributed by atoms with Gasteiger partial charge in [0.05, 0.1) is 0 Å². The molecule has 1 heteroatoms. The molecule has 0 aromatic carbocycles. The lowest BCUT2D eigenvalue weighted by molar-refractivity contribution is 0.207. The Balaban J connectivity index is 4.13. The van der Waals surface area contributed by atoms with Crippen molar-refractivity contribution in [3.05, 3.63) is 12.2 Å². The van der Waals surface area contributed by atoms with Gasteiger partial charge in [0.15, 0.2) is 0 Å². The monoisotopic (exact) mass is 158 g/mol. The molecule has 0 aromatic rings. The van der Waals surface area contributed by atoms with Crippen LogP contribution in [0.1, 0.15) is 34.1 Å². The summed E-state index contributed by atoms with van der Waals surface area (Å²) in [7, 11) is 0. The Labute approximate surface area is 69.5 Å². The smallest absolute Gasteiger partial charge is 0.124 e. The standard InChI is InChI=1S/C10H19F/c1-6-9(7(2)3)10(11)8(4)5/h7,9-10H,4,6H2,1-3,5H3. The molecule has 66 valence electrons. The van der Waals surface area contributed by atoms with Crippen molar-refractivity contribution in [2.75, 3.05) is 0 Å². The van der Waals surface area contributed by atoms with E-state index in [1.165, 1.54) is 0 Å². The molecule has 0 aromatic heterocycles. The fraction of sp³-hybridized carbons (Fsp3) is 0.800. The van der Waals surface area contributed by atoms with Crippen LogP contribution in [0, 0.1) is 11.8 Å². The van der Waals surface area contributed by atoms with Crippen molar-refractivity contribution in [2.24, 2.45) is 11.8 Å². The third-order valence-corrected chi connectivity index (χ3v) is 2.17. The summed E-state index contributed by atoms with van der Waals surface area (Å²) in [6.45, 7) is 11.5. The molecule has 0 nitrogen and oxygen atoms in total. The summed E-state index contributed by atoms with van der Waals surface area (Å²) in [5.41, 5.74) is 0.658. The summed E-state index contributed by atoms with van der Waals surface area (Å²) in [6.07, 6.45) is 0.0751.